The summed E-state index contributed by atoms with van der Waals surface area (Å²) in [6, 6.07) is 3.51. The minimum absolute atomic E-state index is 0. The van der Waals surface area contributed by atoms with Gasteiger partial charge in [-0.05, 0) is 36.2 Å². The number of rotatable bonds is 5. The summed E-state index contributed by atoms with van der Waals surface area (Å²) in [4.78, 5) is 21.7. The molecule has 0 aliphatic heterocycles. The van der Waals surface area contributed by atoms with Crippen molar-refractivity contribution in [2.45, 2.75) is 19.4 Å². The zero-order valence-corrected chi connectivity index (χ0v) is 10.6. The quantitative estimate of drug-likeness (QED) is 0.628. The lowest BCUT2D eigenvalue weighted by molar-refractivity contribution is -0.144. The number of hydrogen-bond donors (Lipinski definition) is 2. The highest BCUT2D eigenvalue weighted by Gasteiger charge is 2.15. The average Bonchev–Trinajstić information content (AvgIpc) is 2.31. The molecule has 0 bridgehead atoms. The first-order valence-electron chi connectivity index (χ1n) is 5.16. The lowest BCUT2D eigenvalue weighted by atomic mass is 10.1. The molecule has 100 valence electrons. The molecule has 1 atom stereocenters. The number of benzene rings is 1. The Morgan fingerprint density at radius 1 is 1.56 bits per heavy atom. The van der Waals surface area contributed by atoms with Crippen LogP contribution in [0.1, 0.15) is 12.5 Å². The Morgan fingerprint density at radius 3 is 2.78 bits per heavy atom. The molecule has 0 saturated heterocycles. The van der Waals surface area contributed by atoms with E-state index < -0.39 is 12.0 Å². The third-order valence-corrected chi connectivity index (χ3v) is 2.18. The smallest absolute Gasteiger partial charge is 0.323 e. The average molecular weight is 275 g/mol. The highest BCUT2D eigenvalue weighted by atomic mass is 35.5. The van der Waals surface area contributed by atoms with Crippen LogP contribution in [0.25, 0.3) is 0 Å². The highest BCUT2D eigenvalue weighted by Crippen LogP contribution is 2.27. The molecular weight excluding hydrogens is 260 g/mol. The molecule has 0 amide bonds. The molecule has 3 N–H and O–H groups in total. The molecule has 0 heterocycles. The number of aromatic hydroxyl groups is 1. The molecule has 0 radical (unpaired) electrons. The summed E-state index contributed by atoms with van der Waals surface area (Å²) in [7, 11) is 0. The number of phenolic OH excluding ortho intramolecular Hbond substituents is 1. The van der Waals surface area contributed by atoms with E-state index in [0.29, 0.717) is 5.56 Å². The highest BCUT2D eigenvalue weighted by molar-refractivity contribution is 5.85. The SMILES string of the molecule is CCOC(=O)[C@@H](N)Cc1ccc(O)c(N=O)c1.Cl. The van der Waals surface area contributed by atoms with Crippen molar-refractivity contribution in [3.05, 3.63) is 28.7 Å². The van der Waals surface area contributed by atoms with Gasteiger partial charge in [0.2, 0.25) is 0 Å². The first kappa shape index (κ1) is 16.3. The lowest BCUT2D eigenvalue weighted by Gasteiger charge is -2.10. The van der Waals surface area contributed by atoms with Crippen LogP contribution in [0.2, 0.25) is 0 Å². The molecule has 1 aromatic carbocycles. The second kappa shape index (κ2) is 7.62. The molecule has 0 aliphatic rings. The Balaban J connectivity index is 0.00000289. The number of nitrogens with two attached hydrogens (primary N) is 1. The van der Waals surface area contributed by atoms with Crippen molar-refractivity contribution in [2.75, 3.05) is 6.61 Å². The number of phenols is 1. The Labute approximate surface area is 111 Å². The van der Waals surface area contributed by atoms with Gasteiger partial charge < -0.3 is 15.6 Å². The Bertz CT molecular complexity index is 426. The van der Waals surface area contributed by atoms with Crippen molar-refractivity contribution >= 4 is 24.1 Å². The fourth-order valence-electron chi connectivity index (χ4n) is 1.36. The summed E-state index contributed by atoms with van der Waals surface area (Å²) in [5, 5.41) is 11.9. The van der Waals surface area contributed by atoms with E-state index in [-0.39, 0.29) is 36.9 Å². The summed E-state index contributed by atoms with van der Waals surface area (Å²) >= 11 is 0. The van der Waals surface area contributed by atoms with E-state index in [1.165, 1.54) is 12.1 Å². The van der Waals surface area contributed by atoms with Gasteiger partial charge in [0, 0.05) is 0 Å². The van der Waals surface area contributed by atoms with E-state index in [2.05, 4.69) is 5.18 Å². The molecule has 1 rings (SSSR count). The fraction of sp³-hybridized carbons (Fsp3) is 0.364. The summed E-state index contributed by atoms with van der Waals surface area (Å²) in [6.45, 7) is 1.96. The van der Waals surface area contributed by atoms with Crippen LogP contribution in [0.15, 0.2) is 23.4 Å². The van der Waals surface area contributed by atoms with Gasteiger partial charge in [0.05, 0.1) is 6.61 Å². The zero-order valence-electron chi connectivity index (χ0n) is 9.83. The van der Waals surface area contributed by atoms with Gasteiger partial charge in [0.1, 0.15) is 17.5 Å². The third kappa shape index (κ3) is 4.31. The van der Waals surface area contributed by atoms with Crippen LogP contribution < -0.4 is 5.73 Å². The van der Waals surface area contributed by atoms with E-state index in [4.69, 9.17) is 10.5 Å². The second-order valence-electron chi connectivity index (χ2n) is 3.48. The Hall–Kier alpha value is -1.66. The topological polar surface area (TPSA) is 102 Å². The van der Waals surface area contributed by atoms with E-state index in [0.717, 1.165) is 0 Å². The maximum Gasteiger partial charge on any atom is 0.323 e. The molecule has 0 aromatic heterocycles. The first-order chi connectivity index (χ1) is 8.08. The van der Waals surface area contributed by atoms with Crippen molar-refractivity contribution < 1.29 is 14.6 Å². The molecular formula is C11H15ClN2O4. The lowest BCUT2D eigenvalue weighted by Crippen LogP contribution is -2.34. The summed E-state index contributed by atoms with van der Waals surface area (Å²) < 4.78 is 4.76. The van der Waals surface area contributed by atoms with Crippen LogP contribution in [-0.2, 0) is 16.0 Å². The normalized spacial score (nSPS) is 11.2. The molecule has 6 nitrogen and oxygen atoms in total. The van der Waals surface area contributed by atoms with E-state index >= 15 is 0 Å². The van der Waals surface area contributed by atoms with Crippen LogP contribution >= 0.6 is 12.4 Å². The minimum atomic E-state index is -0.793. The molecule has 0 spiro atoms. The molecule has 1 aromatic rings. The van der Waals surface area contributed by atoms with Crippen LogP contribution in [0.5, 0.6) is 5.75 Å². The van der Waals surface area contributed by atoms with Gasteiger partial charge in [-0.2, -0.15) is 0 Å². The third-order valence-electron chi connectivity index (χ3n) is 2.18. The summed E-state index contributed by atoms with van der Waals surface area (Å²) in [5.41, 5.74) is 6.19. The predicted molar refractivity (Wildman–Crippen MR) is 69.1 cm³/mol. The van der Waals surface area contributed by atoms with Gasteiger partial charge in [0.15, 0.2) is 0 Å². The monoisotopic (exact) mass is 274 g/mol. The van der Waals surface area contributed by atoms with Gasteiger partial charge >= 0.3 is 5.97 Å². The van der Waals surface area contributed by atoms with Crippen molar-refractivity contribution in [1.82, 2.24) is 0 Å². The Morgan fingerprint density at radius 2 is 2.22 bits per heavy atom. The van der Waals surface area contributed by atoms with E-state index in [1.807, 2.05) is 0 Å². The van der Waals surface area contributed by atoms with Gasteiger partial charge in [-0.15, -0.1) is 17.3 Å². The Kier molecular flexibility index (Phi) is 6.92. The summed E-state index contributed by atoms with van der Waals surface area (Å²) in [6.07, 6.45) is 0.224. The van der Waals surface area contributed by atoms with Crippen molar-refractivity contribution in [3.63, 3.8) is 0 Å². The maximum absolute atomic E-state index is 11.3. The minimum Gasteiger partial charge on any atom is -0.506 e. The first-order valence-corrected chi connectivity index (χ1v) is 5.16. The fourth-order valence-corrected chi connectivity index (χ4v) is 1.36. The largest absolute Gasteiger partial charge is 0.506 e. The van der Waals surface area contributed by atoms with Crippen LogP contribution in [0.4, 0.5) is 5.69 Å². The van der Waals surface area contributed by atoms with Crippen molar-refractivity contribution in [3.8, 4) is 5.75 Å². The molecule has 0 unspecified atom stereocenters. The number of nitroso groups, excluding NO2 is 1. The standard InChI is InChI=1S/C11H14N2O4.ClH/c1-2-17-11(15)8(12)5-7-3-4-10(14)9(6-7)13-16;/h3-4,6,8,14H,2,5,12H2,1H3;1H/t8-;/m0./s1. The van der Waals surface area contributed by atoms with Gasteiger partial charge in [-0.3, -0.25) is 4.79 Å². The number of ether oxygens (including phenoxy) is 1. The number of carbonyl (C=O) groups is 1. The van der Waals surface area contributed by atoms with Crippen LogP contribution in [-0.4, -0.2) is 23.7 Å². The van der Waals surface area contributed by atoms with Crippen molar-refractivity contribution in [1.29, 1.82) is 0 Å². The van der Waals surface area contributed by atoms with E-state index in [1.54, 1.807) is 13.0 Å². The molecule has 0 saturated carbocycles. The molecule has 0 fully saturated rings. The van der Waals surface area contributed by atoms with Gasteiger partial charge in [-0.25, -0.2) is 0 Å². The number of halogens is 1. The van der Waals surface area contributed by atoms with Gasteiger partial charge in [0.25, 0.3) is 0 Å². The van der Waals surface area contributed by atoms with Crippen molar-refractivity contribution in [2.24, 2.45) is 10.9 Å². The number of carbonyl (C=O) groups excluding carboxylic acids is 1. The predicted octanol–water partition coefficient (Wildman–Crippen LogP) is 1.64. The maximum atomic E-state index is 11.3. The number of esters is 1. The van der Waals surface area contributed by atoms with E-state index in [9.17, 15) is 14.8 Å². The molecule has 18 heavy (non-hydrogen) atoms. The van der Waals surface area contributed by atoms with Gasteiger partial charge in [-0.1, -0.05) is 6.07 Å². The molecule has 7 heteroatoms. The van der Waals surface area contributed by atoms with Crippen LogP contribution in [0, 0.1) is 4.91 Å². The second-order valence-corrected chi connectivity index (χ2v) is 3.48. The van der Waals surface area contributed by atoms with Crippen LogP contribution in [0.3, 0.4) is 0 Å². The summed E-state index contributed by atoms with van der Waals surface area (Å²) in [5.74, 6) is -0.699. The molecule has 0 aliphatic carbocycles. The number of hydrogen-bond acceptors (Lipinski definition) is 6. The number of nitrogens with zero attached hydrogens (tertiary/aromatic N) is 1. The zero-order chi connectivity index (χ0) is 12.8.